The Kier molecular flexibility index (Phi) is 3.14. The molecule has 0 bridgehead atoms. The lowest BCUT2D eigenvalue weighted by Crippen LogP contribution is -2.52. The van der Waals surface area contributed by atoms with E-state index in [1.807, 2.05) is 23.1 Å². The Bertz CT molecular complexity index is 602. The number of imide groups is 1. The number of carbonyl (C=O) groups is 2. The van der Waals surface area contributed by atoms with Crippen molar-refractivity contribution in [3.05, 3.63) is 33.8 Å². The van der Waals surface area contributed by atoms with E-state index in [0.717, 1.165) is 15.6 Å². The van der Waals surface area contributed by atoms with E-state index >= 15 is 0 Å². The molecule has 19 heavy (non-hydrogen) atoms. The van der Waals surface area contributed by atoms with Crippen LogP contribution in [0.4, 0.5) is 0 Å². The van der Waals surface area contributed by atoms with Crippen molar-refractivity contribution in [1.29, 1.82) is 0 Å². The number of rotatable bonds is 1. The molecule has 98 valence electrons. The van der Waals surface area contributed by atoms with Crippen molar-refractivity contribution >= 4 is 45.0 Å². The number of amides is 2. The molecule has 2 heterocycles. The molecule has 2 aliphatic heterocycles. The third kappa shape index (κ3) is 2.19. The highest BCUT2D eigenvalue weighted by molar-refractivity contribution is 9.10. The van der Waals surface area contributed by atoms with Gasteiger partial charge < -0.3 is 4.90 Å². The average Bonchev–Trinajstić information content (AvgIpc) is 2.66. The maximum Gasteiger partial charge on any atom is 0.249 e. The SMILES string of the molecule is O=C1CCC(N2Cc3cc(Br)ccc3C2=S)C(=O)N1. The van der Waals surface area contributed by atoms with Crippen LogP contribution in [-0.4, -0.2) is 27.7 Å². The van der Waals surface area contributed by atoms with Crippen LogP contribution in [-0.2, 0) is 16.1 Å². The topological polar surface area (TPSA) is 49.4 Å². The fourth-order valence-electron chi connectivity index (χ4n) is 2.54. The summed E-state index contributed by atoms with van der Waals surface area (Å²) in [4.78, 5) is 25.7. The van der Waals surface area contributed by atoms with Crippen molar-refractivity contribution in [3.8, 4) is 0 Å². The van der Waals surface area contributed by atoms with Crippen LogP contribution in [0.5, 0.6) is 0 Å². The summed E-state index contributed by atoms with van der Waals surface area (Å²) in [6.07, 6.45) is 0.898. The van der Waals surface area contributed by atoms with Gasteiger partial charge in [0.15, 0.2) is 0 Å². The van der Waals surface area contributed by atoms with E-state index in [9.17, 15) is 9.59 Å². The van der Waals surface area contributed by atoms with E-state index in [1.54, 1.807) is 0 Å². The Hall–Kier alpha value is -1.27. The first-order chi connectivity index (χ1) is 9.06. The molecule has 0 aliphatic carbocycles. The van der Waals surface area contributed by atoms with Crippen LogP contribution in [0.15, 0.2) is 22.7 Å². The molecular weight excluding hydrogens is 328 g/mol. The standard InChI is InChI=1S/C13H11BrN2O2S/c14-8-1-2-9-7(5-8)6-16(13(9)19)10-3-4-11(17)15-12(10)18/h1-2,5,10H,3-4,6H2,(H,15,17,18). The zero-order chi connectivity index (χ0) is 13.6. The Morgan fingerprint density at radius 1 is 1.37 bits per heavy atom. The monoisotopic (exact) mass is 338 g/mol. The molecule has 1 N–H and O–H groups in total. The summed E-state index contributed by atoms with van der Waals surface area (Å²) in [5.74, 6) is -0.447. The number of halogens is 1. The highest BCUT2D eigenvalue weighted by Gasteiger charge is 2.36. The van der Waals surface area contributed by atoms with Gasteiger partial charge in [-0.3, -0.25) is 14.9 Å². The molecule has 0 saturated carbocycles. The summed E-state index contributed by atoms with van der Waals surface area (Å²) in [7, 11) is 0. The summed E-state index contributed by atoms with van der Waals surface area (Å²) >= 11 is 8.88. The van der Waals surface area contributed by atoms with Crippen LogP contribution >= 0.6 is 28.1 Å². The molecule has 1 fully saturated rings. The van der Waals surface area contributed by atoms with Gasteiger partial charge in [0, 0.05) is 23.0 Å². The van der Waals surface area contributed by atoms with Crippen LogP contribution in [0.3, 0.4) is 0 Å². The van der Waals surface area contributed by atoms with Gasteiger partial charge in [-0.05, 0) is 24.1 Å². The molecule has 0 aromatic heterocycles. The van der Waals surface area contributed by atoms with E-state index in [-0.39, 0.29) is 17.9 Å². The van der Waals surface area contributed by atoms with Crippen LogP contribution in [0, 0.1) is 0 Å². The Labute approximate surface area is 124 Å². The van der Waals surface area contributed by atoms with E-state index in [1.165, 1.54) is 0 Å². The van der Waals surface area contributed by atoms with Gasteiger partial charge in [-0.1, -0.05) is 34.2 Å². The molecule has 1 saturated heterocycles. The van der Waals surface area contributed by atoms with Crippen LogP contribution < -0.4 is 5.32 Å². The van der Waals surface area contributed by atoms with Crippen molar-refractivity contribution in [3.63, 3.8) is 0 Å². The maximum atomic E-state index is 11.9. The molecular formula is C13H11BrN2O2S. The summed E-state index contributed by atoms with van der Waals surface area (Å²) in [5, 5.41) is 2.38. The quantitative estimate of drug-likeness (QED) is 0.626. The minimum Gasteiger partial charge on any atom is -0.346 e. The normalized spacial score (nSPS) is 22.5. The Morgan fingerprint density at radius 3 is 2.89 bits per heavy atom. The predicted octanol–water partition coefficient (Wildman–Crippen LogP) is 1.75. The van der Waals surface area contributed by atoms with Gasteiger partial charge in [-0.15, -0.1) is 0 Å². The number of nitrogens with one attached hydrogen (secondary N) is 1. The minimum absolute atomic E-state index is 0.202. The van der Waals surface area contributed by atoms with E-state index in [4.69, 9.17) is 12.2 Å². The third-order valence-electron chi connectivity index (χ3n) is 3.49. The smallest absolute Gasteiger partial charge is 0.249 e. The lowest BCUT2D eigenvalue weighted by molar-refractivity contribution is -0.136. The molecule has 1 atom stereocenters. The second kappa shape index (κ2) is 4.68. The summed E-state index contributed by atoms with van der Waals surface area (Å²) in [5.41, 5.74) is 2.12. The van der Waals surface area contributed by atoms with Crippen molar-refractivity contribution in [2.24, 2.45) is 0 Å². The van der Waals surface area contributed by atoms with Crippen LogP contribution in [0.25, 0.3) is 0 Å². The number of hydrogen-bond acceptors (Lipinski definition) is 3. The molecule has 2 aliphatic rings. The summed E-state index contributed by atoms with van der Waals surface area (Å²) in [6.45, 7) is 0.625. The van der Waals surface area contributed by atoms with Crippen LogP contribution in [0.2, 0.25) is 0 Å². The third-order valence-corrected chi connectivity index (χ3v) is 4.43. The van der Waals surface area contributed by atoms with Gasteiger partial charge in [-0.2, -0.15) is 0 Å². The van der Waals surface area contributed by atoms with E-state index < -0.39 is 0 Å². The molecule has 3 rings (SSSR count). The number of carbonyl (C=O) groups excluding carboxylic acids is 2. The second-order valence-electron chi connectivity index (χ2n) is 4.70. The van der Waals surface area contributed by atoms with Gasteiger partial charge in [0.25, 0.3) is 0 Å². The number of hydrogen-bond donors (Lipinski definition) is 1. The number of thiocarbonyl (C=S) groups is 1. The van der Waals surface area contributed by atoms with E-state index in [2.05, 4.69) is 21.2 Å². The largest absolute Gasteiger partial charge is 0.346 e. The number of benzene rings is 1. The Morgan fingerprint density at radius 2 is 2.16 bits per heavy atom. The van der Waals surface area contributed by atoms with Gasteiger partial charge in [0.1, 0.15) is 11.0 Å². The zero-order valence-corrected chi connectivity index (χ0v) is 12.4. The molecule has 0 spiro atoms. The maximum absolute atomic E-state index is 11.9. The lowest BCUT2D eigenvalue weighted by atomic mass is 10.0. The fraction of sp³-hybridized carbons (Fsp3) is 0.308. The summed E-state index contributed by atoms with van der Waals surface area (Å²) in [6, 6.07) is 5.59. The van der Waals surface area contributed by atoms with Gasteiger partial charge in [-0.25, -0.2) is 0 Å². The highest BCUT2D eigenvalue weighted by atomic mass is 79.9. The molecule has 6 heteroatoms. The van der Waals surface area contributed by atoms with Gasteiger partial charge in [0.2, 0.25) is 11.8 Å². The molecule has 0 radical (unpaired) electrons. The molecule has 1 aromatic rings. The summed E-state index contributed by atoms with van der Waals surface area (Å²) < 4.78 is 0.999. The minimum atomic E-state index is -0.337. The number of fused-ring (bicyclic) bond motifs is 1. The number of nitrogens with zero attached hydrogens (tertiary/aromatic N) is 1. The van der Waals surface area contributed by atoms with Crippen molar-refractivity contribution < 1.29 is 9.59 Å². The van der Waals surface area contributed by atoms with Crippen molar-refractivity contribution in [2.75, 3.05) is 0 Å². The molecule has 2 amide bonds. The predicted molar refractivity (Wildman–Crippen MR) is 77.6 cm³/mol. The lowest BCUT2D eigenvalue weighted by Gasteiger charge is -2.30. The first-order valence-electron chi connectivity index (χ1n) is 5.99. The Balaban J connectivity index is 1.87. The fourth-order valence-corrected chi connectivity index (χ4v) is 3.34. The molecule has 1 unspecified atom stereocenters. The van der Waals surface area contributed by atoms with Crippen molar-refractivity contribution in [2.45, 2.75) is 25.4 Å². The van der Waals surface area contributed by atoms with Gasteiger partial charge in [0.05, 0.1) is 0 Å². The zero-order valence-electron chi connectivity index (χ0n) is 9.98. The van der Waals surface area contributed by atoms with Gasteiger partial charge >= 0.3 is 0 Å². The second-order valence-corrected chi connectivity index (χ2v) is 6.00. The highest BCUT2D eigenvalue weighted by Crippen LogP contribution is 2.29. The average molecular weight is 339 g/mol. The van der Waals surface area contributed by atoms with Crippen LogP contribution in [0.1, 0.15) is 24.0 Å². The molecule has 1 aromatic carbocycles. The number of piperidine rings is 1. The first kappa shape index (κ1) is 12.7. The van der Waals surface area contributed by atoms with E-state index in [0.29, 0.717) is 24.4 Å². The van der Waals surface area contributed by atoms with Crippen molar-refractivity contribution in [1.82, 2.24) is 10.2 Å². The first-order valence-corrected chi connectivity index (χ1v) is 7.19. The molecule has 4 nitrogen and oxygen atoms in total.